The Balaban J connectivity index is 2.45. The molecule has 4 heteroatoms. The van der Waals surface area contributed by atoms with E-state index in [1.807, 2.05) is 26.0 Å². The summed E-state index contributed by atoms with van der Waals surface area (Å²) in [6.45, 7) is 4.57. The second-order valence-electron chi connectivity index (χ2n) is 3.71. The van der Waals surface area contributed by atoms with Crippen LogP contribution in [0.2, 0.25) is 0 Å². The average molecular weight is 217 g/mol. The Bertz CT molecular complexity index is 454. The predicted molar refractivity (Wildman–Crippen MR) is 62.0 cm³/mol. The van der Waals surface area contributed by atoms with E-state index in [1.54, 1.807) is 6.26 Å². The van der Waals surface area contributed by atoms with Crippen LogP contribution < -0.4 is 5.73 Å². The molecule has 0 unspecified atom stereocenters. The number of hydrogen-bond acceptors (Lipinski definition) is 4. The lowest BCUT2D eigenvalue weighted by molar-refractivity contribution is 0.576. The predicted octanol–water partition coefficient (Wildman–Crippen LogP) is 1.85. The van der Waals surface area contributed by atoms with Crippen molar-refractivity contribution in [3.8, 4) is 11.6 Å². The van der Waals surface area contributed by atoms with Crippen LogP contribution >= 0.6 is 0 Å². The second-order valence-corrected chi connectivity index (χ2v) is 3.71. The summed E-state index contributed by atoms with van der Waals surface area (Å²) in [7, 11) is 0. The maximum Gasteiger partial charge on any atom is 0.196 e. The molecule has 0 spiro atoms. The molecule has 4 nitrogen and oxygen atoms in total. The van der Waals surface area contributed by atoms with Crippen LogP contribution in [-0.4, -0.2) is 16.5 Å². The molecular weight excluding hydrogens is 202 g/mol. The topological polar surface area (TPSA) is 64.9 Å². The third kappa shape index (κ3) is 1.97. The van der Waals surface area contributed by atoms with E-state index in [0.29, 0.717) is 18.1 Å². The molecule has 0 atom stereocenters. The zero-order valence-corrected chi connectivity index (χ0v) is 9.53. The highest BCUT2D eigenvalue weighted by molar-refractivity contribution is 5.47. The first-order chi connectivity index (χ1) is 7.72. The van der Waals surface area contributed by atoms with Crippen molar-refractivity contribution in [2.24, 2.45) is 5.73 Å². The van der Waals surface area contributed by atoms with Crippen LogP contribution in [0.4, 0.5) is 0 Å². The highest BCUT2D eigenvalue weighted by Crippen LogP contribution is 2.19. The van der Waals surface area contributed by atoms with Crippen LogP contribution in [0.3, 0.4) is 0 Å². The molecule has 0 fully saturated rings. The summed E-state index contributed by atoms with van der Waals surface area (Å²) in [5.41, 5.74) is 8.65. The van der Waals surface area contributed by atoms with Gasteiger partial charge in [0.15, 0.2) is 11.6 Å². The zero-order chi connectivity index (χ0) is 11.5. The van der Waals surface area contributed by atoms with E-state index in [2.05, 4.69) is 9.97 Å². The Kier molecular flexibility index (Phi) is 3.01. The number of aryl methyl sites for hydroxylation is 2. The number of rotatable bonds is 3. The van der Waals surface area contributed by atoms with Crippen molar-refractivity contribution in [1.29, 1.82) is 0 Å². The molecule has 0 saturated heterocycles. The molecule has 16 heavy (non-hydrogen) atoms. The first-order valence-electron chi connectivity index (χ1n) is 5.30. The lowest BCUT2D eigenvalue weighted by Crippen LogP contribution is -2.09. The smallest absolute Gasteiger partial charge is 0.196 e. The number of furan rings is 1. The van der Waals surface area contributed by atoms with Gasteiger partial charge in [0.25, 0.3) is 0 Å². The number of nitrogens with two attached hydrogens (primary N) is 1. The molecule has 2 aromatic rings. The van der Waals surface area contributed by atoms with Crippen molar-refractivity contribution in [2.75, 3.05) is 6.54 Å². The number of aromatic nitrogens is 2. The van der Waals surface area contributed by atoms with Gasteiger partial charge in [0.05, 0.1) is 6.26 Å². The Morgan fingerprint density at radius 3 is 2.44 bits per heavy atom. The minimum absolute atomic E-state index is 0.616. The summed E-state index contributed by atoms with van der Waals surface area (Å²) in [5.74, 6) is 1.34. The third-order valence-electron chi connectivity index (χ3n) is 2.56. The maximum atomic E-state index is 5.56. The van der Waals surface area contributed by atoms with Gasteiger partial charge >= 0.3 is 0 Å². The molecule has 2 N–H and O–H groups in total. The minimum Gasteiger partial charge on any atom is -0.461 e. The summed E-state index contributed by atoms with van der Waals surface area (Å²) in [6, 6.07) is 3.69. The highest BCUT2D eigenvalue weighted by Gasteiger charge is 2.10. The Hall–Kier alpha value is -1.68. The normalized spacial score (nSPS) is 10.7. The van der Waals surface area contributed by atoms with Crippen LogP contribution in [0.15, 0.2) is 22.8 Å². The number of hydrogen-bond donors (Lipinski definition) is 1. The molecule has 2 aromatic heterocycles. The van der Waals surface area contributed by atoms with Gasteiger partial charge in [-0.15, -0.1) is 0 Å². The van der Waals surface area contributed by atoms with Gasteiger partial charge in [0.2, 0.25) is 0 Å². The van der Waals surface area contributed by atoms with Gasteiger partial charge in [-0.2, -0.15) is 0 Å². The van der Waals surface area contributed by atoms with Gasteiger partial charge in [-0.1, -0.05) is 0 Å². The standard InChI is InChI=1S/C12H15N3O/c1-8-10(5-6-13)9(2)15-12(14-8)11-4-3-7-16-11/h3-4,7H,5-6,13H2,1-2H3. The fourth-order valence-electron chi connectivity index (χ4n) is 1.76. The quantitative estimate of drug-likeness (QED) is 0.852. The van der Waals surface area contributed by atoms with E-state index >= 15 is 0 Å². The molecule has 0 radical (unpaired) electrons. The molecule has 0 aliphatic rings. The van der Waals surface area contributed by atoms with E-state index in [9.17, 15) is 0 Å². The average Bonchev–Trinajstić information content (AvgIpc) is 2.76. The molecule has 0 bridgehead atoms. The first-order valence-corrected chi connectivity index (χ1v) is 5.30. The molecule has 0 aliphatic carbocycles. The first kappa shape index (κ1) is 10.8. The minimum atomic E-state index is 0.616. The molecule has 0 aromatic carbocycles. The van der Waals surface area contributed by atoms with E-state index in [0.717, 1.165) is 23.4 Å². The lowest BCUT2D eigenvalue weighted by atomic mass is 10.1. The SMILES string of the molecule is Cc1nc(-c2ccco2)nc(C)c1CCN. The molecule has 0 saturated carbocycles. The number of nitrogens with zero attached hydrogens (tertiary/aromatic N) is 2. The van der Waals surface area contributed by atoms with E-state index < -0.39 is 0 Å². The van der Waals surface area contributed by atoms with Crippen LogP contribution in [0.1, 0.15) is 17.0 Å². The molecule has 0 aliphatic heterocycles. The largest absolute Gasteiger partial charge is 0.461 e. The summed E-state index contributed by atoms with van der Waals surface area (Å²) in [6.07, 6.45) is 2.44. The summed E-state index contributed by atoms with van der Waals surface area (Å²) in [5, 5.41) is 0. The summed E-state index contributed by atoms with van der Waals surface area (Å²) in [4.78, 5) is 8.87. The Morgan fingerprint density at radius 2 is 1.94 bits per heavy atom. The van der Waals surface area contributed by atoms with Crippen molar-refractivity contribution in [2.45, 2.75) is 20.3 Å². The van der Waals surface area contributed by atoms with Gasteiger partial charge in [-0.25, -0.2) is 9.97 Å². The van der Waals surface area contributed by atoms with Gasteiger partial charge in [-0.3, -0.25) is 0 Å². The second kappa shape index (κ2) is 4.45. The maximum absolute atomic E-state index is 5.56. The van der Waals surface area contributed by atoms with Gasteiger partial charge in [-0.05, 0) is 44.5 Å². The highest BCUT2D eigenvalue weighted by atomic mass is 16.3. The molecular formula is C12H15N3O. The van der Waals surface area contributed by atoms with Crippen molar-refractivity contribution >= 4 is 0 Å². The fourth-order valence-corrected chi connectivity index (χ4v) is 1.76. The van der Waals surface area contributed by atoms with Gasteiger partial charge in [0.1, 0.15) is 0 Å². The summed E-state index contributed by atoms with van der Waals surface area (Å²) >= 11 is 0. The van der Waals surface area contributed by atoms with Crippen molar-refractivity contribution < 1.29 is 4.42 Å². The van der Waals surface area contributed by atoms with Crippen molar-refractivity contribution in [3.63, 3.8) is 0 Å². The fraction of sp³-hybridized carbons (Fsp3) is 0.333. The third-order valence-corrected chi connectivity index (χ3v) is 2.56. The van der Waals surface area contributed by atoms with E-state index in [-0.39, 0.29) is 0 Å². The monoisotopic (exact) mass is 217 g/mol. The Labute approximate surface area is 94.5 Å². The molecule has 2 rings (SSSR count). The molecule has 0 amide bonds. The van der Waals surface area contributed by atoms with Crippen LogP contribution in [0.25, 0.3) is 11.6 Å². The summed E-state index contributed by atoms with van der Waals surface area (Å²) < 4.78 is 5.28. The van der Waals surface area contributed by atoms with Gasteiger partial charge in [0, 0.05) is 11.4 Å². The zero-order valence-electron chi connectivity index (χ0n) is 9.53. The van der Waals surface area contributed by atoms with E-state index in [1.165, 1.54) is 0 Å². The van der Waals surface area contributed by atoms with Crippen LogP contribution in [-0.2, 0) is 6.42 Å². The van der Waals surface area contributed by atoms with Gasteiger partial charge < -0.3 is 10.2 Å². The van der Waals surface area contributed by atoms with Crippen molar-refractivity contribution in [1.82, 2.24) is 9.97 Å². The lowest BCUT2D eigenvalue weighted by Gasteiger charge is -2.08. The van der Waals surface area contributed by atoms with Crippen LogP contribution in [0, 0.1) is 13.8 Å². The van der Waals surface area contributed by atoms with Crippen molar-refractivity contribution in [3.05, 3.63) is 35.3 Å². The van der Waals surface area contributed by atoms with E-state index in [4.69, 9.17) is 10.2 Å². The van der Waals surface area contributed by atoms with Crippen LogP contribution in [0.5, 0.6) is 0 Å². The Morgan fingerprint density at radius 1 is 1.25 bits per heavy atom. The molecule has 84 valence electrons. The molecule has 2 heterocycles.